The Labute approximate surface area is 157 Å². The summed E-state index contributed by atoms with van der Waals surface area (Å²) in [7, 11) is 1.68. The Hall–Kier alpha value is -1.94. The molecule has 1 heterocycles. The van der Waals surface area contributed by atoms with Crippen LogP contribution in [0.25, 0.3) is 0 Å². The molecule has 1 aromatic carbocycles. The van der Waals surface area contributed by atoms with E-state index in [0.29, 0.717) is 12.5 Å². The van der Waals surface area contributed by atoms with Gasteiger partial charge in [0.15, 0.2) is 11.5 Å². The van der Waals surface area contributed by atoms with E-state index in [1.165, 1.54) is 18.4 Å². The van der Waals surface area contributed by atoms with E-state index in [0.717, 1.165) is 42.7 Å². The lowest BCUT2D eigenvalue weighted by Gasteiger charge is -2.16. The summed E-state index contributed by atoms with van der Waals surface area (Å²) in [5.41, 5.74) is 1.20. The van der Waals surface area contributed by atoms with E-state index < -0.39 is 0 Å². The highest BCUT2D eigenvalue weighted by Gasteiger charge is 2.15. The van der Waals surface area contributed by atoms with E-state index in [1.807, 2.05) is 25.1 Å². The van der Waals surface area contributed by atoms with Crippen LogP contribution >= 0.6 is 0 Å². The average Bonchev–Trinajstić information content (AvgIpc) is 3.16. The summed E-state index contributed by atoms with van der Waals surface area (Å²) in [6.45, 7) is 8.94. The van der Waals surface area contributed by atoms with Crippen LogP contribution < -0.4 is 14.8 Å². The molecule has 0 saturated carbocycles. The van der Waals surface area contributed by atoms with Crippen molar-refractivity contribution in [2.45, 2.75) is 52.5 Å². The fraction of sp³-hybridized carbons (Fsp3) is 0.545. The van der Waals surface area contributed by atoms with Crippen LogP contribution in [0.4, 0.5) is 0 Å². The van der Waals surface area contributed by atoms with Crippen LogP contribution in [0, 0.1) is 5.92 Å². The molecule has 0 aliphatic rings. The van der Waals surface area contributed by atoms with E-state index in [9.17, 15) is 0 Å². The second kappa shape index (κ2) is 10.9. The number of nitrogens with one attached hydrogen (secondary N) is 1. The van der Waals surface area contributed by atoms with Gasteiger partial charge in [-0.1, -0.05) is 26.3 Å². The number of ether oxygens (including phenoxy) is 2. The Balaban J connectivity index is 1.84. The van der Waals surface area contributed by atoms with Gasteiger partial charge in [-0.3, -0.25) is 0 Å². The third-order valence-electron chi connectivity index (χ3n) is 4.56. The summed E-state index contributed by atoms with van der Waals surface area (Å²) in [5, 5.41) is 3.55. The molecule has 2 aromatic rings. The van der Waals surface area contributed by atoms with Gasteiger partial charge >= 0.3 is 0 Å². The Morgan fingerprint density at radius 1 is 1.08 bits per heavy atom. The van der Waals surface area contributed by atoms with Crippen LogP contribution in [0.5, 0.6) is 11.5 Å². The lowest BCUT2D eigenvalue weighted by Crippen LogP contribution is -2.17. The molecule has 0 spiro atoms. The maximum absolute atomic E-state index is 5.65. The molecule has 0 aliphatic carbocycles. The molecule has 1 unspecified atom stereocenters. The van der Waals surface area contributed by atoms with Crippen molar-refractivity contribution < 1.29 is 13.9 Å². The fourth-order valence-corrected chi connectivity index (χ4v) is 3.09. The maximum atomic E-state index is 5.65. The highest BCUT2D eigenvalue weighted by atomic mass is 16.5. The second-order valence-electron chi connectivity index (χ2n) is 7.07. The molecule has 1 aromatic heterocycles. The van der Waals surface area contributed by atoms with E-state index in [1.54, 1.807) is 13.4 Å². The van der Waals surface area contributed by atoms with Crippen molar-refractivity contribution in [1.82, 2.24) is 5.32 Å². The normalized spacial score (nSPS) is 12.3. The van der Waals surface area contributed by atoms with Crippen molar-refractivity contribution in [1.29, 1.82) is 0 Å². The van der Waals surface area contributed by atoms with Gasteiger partial charge in [0.05, 0.1) is 20.0 Å². The Morgan fingerprint density at radius 2 is 1.92 bits per heavy atom. The first kappa shape index (κ1) is 20.4. The van der Waals surface area contributed by atoms with Crippen LogP contribution in [0.1, 0.15) is 57.3 Å². The predicted octanol–water partition coefficient (Wildman–Crippen LogP) is 5.39. The zero-order valence-corrected chi connectivity index (χ0v) is 16.6. The van der Waals surface area contributed by atoms with E-state index in [2.05, 4.69) is 31.3 Å². The van der Waals surface area contributed by atoms with Crippen LogP contribution in [0.15, 0.2) is 41.0 Å². The number of hydrogen-bond donors (Lipinski definition) is 1. The predicted molar refractivity (Wildman–Crippen MR) is 106 cm³/mol. The topological polar surface area (TPSA) is 43.6 Å². The highest BCUT2D eigenvalue weighted by molar-refractivity contribution is 5.42. The molecule has 26 heavy (non-hydrogen) atoms. The Kier molecular flexibility index (Phi) is 8.56. The first-order chi connectivity index (χ1) is 12.6. The monoisotopic (exact) mass is 359 g/mol. The van der Waals surface area contributed by atoms with Crippen LogP contribution in [-0.4, -0.2) is 20.3 Å². The van der Waals surface area contributed by atoms with Gasteiger partial charge in [-0.25, -0.2) is 0 Å². The molecular weight excluding hydrogens is 326 g/mol. The van der Waals surface area contributed by atoms with Crippen molar-refractivity contribution in [2.75, 3.05) is 20.3 Å². The van der Waals surface area contributed by atoms with Gasteiger partial charge in [-0.05, 0) is 62.1 Å². The smallest absolute Gasteiger partial charge is 0.161 e. The van der Waals surface area contributed by atoms with Crippen molar-refractivity contribution in [2.24, 2.45) is 5.92 Å². The first-order valence-electron chi connectivity index (χ1n) is 9.67. The summed E-state index contributed by atoms with van der Waals surface area (Å²) >= 11 is 0. The highest BCUT2D eigenvalue weighted by Crippen LogP contribution is 2.29. The van der Waals surface area contributed by atoms with Gasteiger partial charge in [0, 0.05) is 12.5 Å². The Morgan fingerprint density at radius 3 is 2.58 bits per heavy atom. The lowest BCUT2D eigenvalue weighted by molar-refractivity contribution is 0.310. The van der Waals surface area contributed by atoms with Crippen LogP contribution in [-0.2, 0) is 6.54 Å². The standard InChI is InChI=1S/C22H33NO3/c1-5-25-21-11-9-18(15-22(21)24-4)16-23-13-12-19(10-8-17(2)3)20-7-6-14-26-20/h6-7,9,11,14-15,17,19,23H,5,8,10,12-13,16H2,1-4H3. The summed E-state index contributed by atoms with van der Waals surface area (Å²) in [4.78, 5) is 0. The van der Waals surface area contributed by atoms with Gasteiger partial charge in [0.25, 0.3) is 0 Å². The maximum Gasteiger partial charge on any atom is 0.161 e. The molecule has 144 valence electrons. The summed E-state index contributed by atoms with van der Waals surface area (Å²) in [6, 6.07) is 10.2. The van der Waals surface area contributed by atoms with Crippen molar-refractivity contribution in [3.8, 4) is 11.5 Å². The van der Waals surface area contributed by atoms with Gasteiger partial charge in [-0.15, -0.1) is 0 Å². The average molecular weight is 360 g/mol. The molecule has 0 fully saturated rings. The minimum atomic E-state index is 0.481. The zero-order chi connectivity index (χ0) is 18.8. The molecule has 4 heteroatoms. The van der Waals surface area contributed by atoms with Crippen LogP contribution in [0.2, 0.25) is 0 Å². The van der Waals surface area contributed by atoms with E-state index in [-0.39, 0.29) is 0 Å². The first-order valence-corrected chi connectivity index (χ1v) is 9.67. The molecule has 0 radical (unpaired) electrons. The number of methoxy groups -OCH3 is 1. The molecule has 0 aliphatic heterocycles. The zero-order valence-electron chi connectivity index (χ0n) is 16.6. The molecule has 0 saturated heterocycles. The lowest BCUT2D eigenvalue weighted by atomic mass is 9.93. The number of benzene rings is 1. The molecular formula is C22H33NO3. The van der Waals surface area contributed by atoms with Crippen molar-refractivity contribution in [3.63, 3.8) is 0 Å². The van der Waals surface area contributed by atoms with Crippen molar-refractivity contribution >= 4 is 0 Å². The second-order valence-corrected chi connectivity index (χ2v) is 7.07. The number of rotatable bonds is 12. The minimum absolute atomic E-state index is 0.481. The molecule has 0 bridgehead atoms. The number of hydrogen-bond acceptors (Lipinski definition) is 4. The summed E-state index contributed by atoms with van der Waals surface area (Å²) in [5.74, 6) is 3.89. The van der Waals surface area contributed by atoms with E-state index >= 15 is 0 Å². The molecule has 1 atom stereocenters. The summed E-state index contributed by atoms with van der Waals surface area (Å²) < 4.78 is 16.6. The third-order valence-corrected chi connectivity index (χ3v) is 4.56. The molecule has 4 nitrogen and oxygen atoms in total. The van der Waals surface area contributed by atoms with Gasteiger partial charge in [-0.2, -0.15) is 0 Å². The van der Waals surface area contributed by atoms with Gasteiger partial charge in [0.1, 0.15) is 5.76 Å². The number of furan rings is 1. The van der Waals surface area contributed by atoms with E-state index in [4.69, 9.17) is 13.9 Å². The van der Waals surface area contributed by atoms with Gasteiger partial charge in [0.2, 0.25) is 0 Å². The molecule has 0 amide bonds. The largest absolute Gasteiger partial charge is 0.493 e. The Bertz CT molecular complexity index is 622. The third kappa shape index (κ3) is 6.41. The van der Waals surface area contributed by atoms with Gasteiger partial charge < -0.3 is 19.2 Å². The summed E-state index contributed by atoms with van der Waals surface area (Å²) in [6.07, 6.45) is 5.25. The quantitative estimate of drug-likeness (QED) is 0.516. The SMILES string of the molecule is CCOc1ccc(CNCCC(CCC(C)C)c2ccco2)cc1OC. The molecule has 1 N–H and O–H groups in total. The van der Waals surface area contributed by atoms with Crippen molar-refractivity contribution in [3.05, 3.63) is 47.9 Å². The fourth-order valence-electron chi connectivity index (χ4n) is 3.09. The van der Waals surface area contributed by atoms with Crippen LogP contribution in [0.3, 0.4) is 0 Å². The molecule has 2 rings (SSSR count). The minimum Gasteiger partial charge on any atom is -0.493 e.